The van der Waals surface area contributed by atoms with Crippen LogP contribution in [0.3, 0.4) is 0 Å². The lowest BCUT2D eigenvalue weighted by Gasteiger charge is -1.96. The largest absolute Gasteiger partial charge is 0.202 e. The van der Waals surface area contributed by atoms with Gasteiger partial charge in [-0.05, 0) is 6.26 Å². The van der Waals surface area contributed by atoms with E-state index in [-0.39, 0.29) is 0 Å². The van der Waals surface area contributed by atoms with Gasteiger partial charge in [-0.1, -0.05) is 6.07 Å². The Labute approximate surface area is 72.4 Å². The third-order valence-electron chi connectivity index (χ3n) is 1.70. The van der Waals surface area contributed by atoms with Gasteiger partial charge in [-0.3, -0.25) is 0 Å². The summed E-state index contributed by atoms with van der Waals surface area (Å²) in [7, 11) is 0. The minimum absolute atomic E-state index is 1.12. The van der Waals surface area contributed by atoms with Crippen molar-refractivity contribution < 1.29 is 4.57 Å². The maximum absolute atomic E-state index is 2.27. The van der Waals surface area contributed by atoms with Crippen molar-refractivity contribution in [3.05, 3.63) is 30.1 Å². The van der Waals surface area contributed by atoms with Crippen LogP contribution in [0.25, 0.3) is 0 Å². The van der Waals surface area contributed by atoms with E-state index in [9.17, 15) is 0 Å². The summed E-state index contributed by atoms with van der Waals surface area (Å²) >= 11 is 1.88. The zero-order chi connectivity index (χ0) is 8.10. The zero-order valence-electron chi connectivity index (χ0n) is 7.08. The van der Waals surface area contributed by atoms with E-state index in [1.54, 1.807) is 0 Å². The molecule has 0 fully saturated rings. The summed E-state index contributed by atoms with van der Waals surface area (Å²) in [6.07, 6.45) is 4.27. The molecule has 0 N–H and O–H groups in total. The van der Waals surface area contributed by atoms with Crippen LogP contribution in [-0.2, 0) is 6.54 Å². The van der Waals surface area contributed by atoms with Crippen LogP contribution < -0.4 is 4.57 Å². The van der Waals surface area contributed by atoms with E-state index >= 15 is 0 Å². The third-order valence-corrected chi connectivity index (χ3v) is 2.29. The maximum Gasteiger partial charge on any atom is 0.178 e. The highest BCUT2D eigenvalue weighted by atomic mass is 32.2. The average molecular weight is 168 g/mol. The van der Waals surface area contributed by atoms with E-state index in [1.807, 2.05) is 11.8 Å². The Morgan fingerprint density at radius 2 is 2.27 bits per heavy atom. The summed E-state index contributed by atoms with van der Waals surface area (Å²) < 4.78 is 2.27. The fraction of sp³-hybridized carbons (Fsp3) is 0.444. The highest BCUT2D eigenvalue weighted by molar-refractivity contribution is 7.98. The number of aryl methyl sites for hydroxylation is 2. The Morgan fingerprint density at radius 1 is 1.45 bits per heavy atom. The molecular weight excluding hydrogens is 154 g/mol. The van der Waals surface area contributed by atoms with Crippen molar-refractivity contribution in [2.24, 2.45) is 0 Å². The molecule has 0 atom stereocenters. The van der Waals surface area contributed by atoms with Crippen molar-refractivity contribution in [3.8, 4) is 0 Å². The minimum Gasteiger partial charge on any atom is -0.202 e. The molecule has 1 heterocycles. The van der Waals surface area contributed by atoms with Crippen LogP contribution in [0.5, 0.6) is 0 Å². The summed E-state index contributed by atoms with van der Waals surface area (Å²) in [5.74, 6) is 1.19. The topological polar surface area (TPSA) is 3.88 Å². The van der Waals surface area contributed by atoms with Gasteiger partial charge in [0.2, 0.25) is 0 Å². The Kier molecular flexibility index (Phi) is 3.43. The van der Waals surface area contributed by atoms with E-state index in [0.29, 0.717) is 0 Å². The van der Waals surface area contributed by atoms with Crippen LogP contribution in [0.1, 0.15) is 5.69 Å². The molecule has 0 radical (unpaired) electrons. The zero-order valence-corrected chi connectivity index (χ0v) is 7.90. The monoisotopic (exact) mass is 168 g/mol. The maximum atomic E-state index is 2.27. The molecule has 2 heteroatoms. The van der Waals surface area contributed by atoms with Crippen molar-refractivity contribution in [2.75, 3.05) is 12.0 Å². The minimum atomic E-state index is 1.12. The van der Waals surface area contributed by atoms with Crippen LogP contribution in [0.15, 0.2) is 24.4 Å². The SMILES string of the molecule is CSCC[n+]1ccccc1C. The molecule has 1 aromatic heterocycles. The van der Waals surface area contributed by atoms with Crippen LogP contribution in [0.2, 0.25) is 0 Å². The lowest BCUT2D eigenvalue weighted by molar-refractivity contribution is -0.698. The Hall–Kier alpha value is -0.500. The van der Waals surface area contributed by atoms with Crippen molar-refractivity contribution >= 4 is 11.8 Å². The normalized spacial score (nSPS) is 10.0. The van der Waals surface area contributed by atoms with Gasteiger partial charge in [-0.25, -0.2) is 4.57 Å². The number of thioether (sulfide) groups is 1. The number of aromatic nitrogens is 1. The predicted molar refractivity (Wildman–Crippen MR) is 49.8 cm³/mol. The van der Waals surface area contributed by atoms with Gasteiger partial charge in [0.05, 0.1) is 5.75 Å². The van der Waals surface area contributed by atoms with Gasteiger partial charge in [0, 0.05) is 19.1 Å². The second-order valence-electron chi connectivity index (χ2n) is 2.53. The molecule has 0 amide bonds. The number of hydrogen-bond donors (Lipinski definition) is 0. The standard InChI is InChI=1S/C9H14NS/c1-9-5-3-4-6-10(9)7-8-11-2/h3-6H,7-8H2,1-2H3/q+1. The van der Waals surface area contributed by atoms with Crippen molar-refractivity contribution in [2.45, 2.75) is 13.5 Å². The summed E-state index contributed by atoms with van der Waals surface area (Å²) in [6, 6.07) is 6.29. The molecule has 0 bridgehead atoms. The second-order valence-corrected chi connectivity index (χ2v) is 3.51. The van der Waals surface area contributed by atoms with E-state index in [1.165, 1.54) is 11.4 Å². The van der Waals surface area contributed by atoms with E-state index < -0.39 is 0 Å². The molecule has 0 aliphatic carbocycles. The van der Waals surface area contributed by atoms with Gasteiger partial charge in [-0.2, -0.15) is 11.8 Å². The fourth-order valence-electron chi connectivity index (χ4n) is 1.00. The molecule has 0 aliphatic rings. The van der Waals surface area contributed by atoms with Crippen LogP contribution in [0.4, 0.5) is 0 Å². The first-order valence-corrected chi connectivity index (χ1v) is 5.18. The van der Waals surface area contributed by atoms with Gasteiger partial charge < -0.3 is 0 Å². The van der Waals surface area contributed by atoms with Crippen LogP contribution in [0, 0.1) is 6.92 Å². The summed E-state index contributed by atoms with van der Waals surface area (Å²) in [5, 5.41) is 0. The molecule has 0 spiro atoms. The first-order chi connectivity index (χ1) is 5.34. The van der Waals surface area contributed by atoms with Gasteiger partial charge in [0.1, 0.15) is 0 Å². The van der Waals surface area contributed by atoms with Crippen LogP contribution >= 0.6 is 11.8 Å². The molecular formula is C9H14NS+. The van der Waals surface area contributed by atoms with Gasteiger partial charge in [-0.15, -0.1) is 0 Å². The van der Waals surface area contributed by atoms with Gasteiger partial charge in [0.15, 0.2) is 18.4 Å². The number of nitrogens with zero attached hydrogens (tertiary/aromatic N) is 1. The van der Waals surface area contributed by atoms with Gasteiger partial charge >= 0.3 is 0 Å². The smallest absolute Gasteiger partial charge is 0.178 e. The van der Waals surface area contributed by atoms with E-state index in [4.69, 9.17) is 0 Å². The van der Waals surface area contributed by atoms with E-state index in [2.05, 4.69) is 42.1 Å². The molecule has 0 aliphatic heterocycles. The average Bonchev–Trinajstić information content (AvgIpc) is 2.03. The molecule has 60 valence electrons. The summed E-state index contributed by atoms with van der Waals surface area (Å²) in [5.41, 5.74) is 1.33. The number of hydrogen-bond acceptors (Lipinski definition) is 1. The lowest BCUT2D eigenvalue weighted by atomic mass is 10.3. The molecule has 0 unspecified atom stereocenters. The lowest BCUT2D eigenvalue weighted by Crippen LogP contribution is -2.37. The molecule has 0 saturated heterocycles. The number of rotatable bonds is 3. The van der Waals surface area contributed by atoms with Crippen LogP contribution in [-0.4, -0.2) is 12.0 Å². The second kappa shape index (κ2) is 4.39. The Balaban J connectivity index is 2.62. The van der Waals surface area contributed by atoms with Crippen molar-refractivity contribution in [1.29, 1.82) is 0 Å². The predicted octanol–water partition coefficient (Wildman–Crippen LogP) is 1.65. The highest BCUT2D eigenvalue weighted by Crippen LogP contribution is 1.92. The number of pyridine rings is 1. The highest BCUT2D eigenvalue weighted by Gasteiger charge is 2.01. The first kappa shape index (κ1) is 8.60. The Bertz CT molecular complexity index is 223. The molecule has 0 saturated carbocycles. The summed E-state index contributed by atoms with van der Waals surface area (Å²) in [4.78, 5) is 0. The fourth-order valence-corrected chi connectivity index (χ4v) is 1.38. The molecule has 1 nitrogen and oxygen atoms in total. The quantitative estimate of drug-likeness (QED) is 0.621. The molecule has 11 heavy (non-hydrogen) atoms. The Morgan fingerprint density at radius 3 is 2.91 bits per heavy atom. The molecule has 0 aromatic carbocycles. The van der Waals surface area contributed by atoms with Gasteiger partial charge in [0.25, 0.3) is 0 Å². The first-order valence-electron chi connectivity index (χ1n) is 3.78. The molecule has 1 rings (SSSR count). The third kappa shape index (κ3) is 2.54. The van der Waals surface area contributed by atoms with Crippen molar-refractivity contribution in [1.82, 2.24) is 0 Å². The van der Waals surface area contributed by atoms with E-state index in [0.717, 1.165) is 6.54 Å². The molecule has 1 aromatic rings. The van der Waals surface area contributed by atoms with Crippen molar-refractivity contribution in [3.63, 3.8) is 0 Å². The summed E-state index contributed by atoms with van der Waals surface area (Å²) in [6.45, 7) is 3.26.